The summed E-state index contributed by atoms with van der Waals surface area (Å²) in [5.74, 6) is 0.491. The molecule has 0 radical (unpaired) electrons. The van der Waals surface area contributed by atoms with Crippen molar-refractivity contribution in [1.29, 1.82) is 0 Å². The molecule has 0 rings (SSSR count). The third-order valence-corrected chi connectivity index (χ3v) is 5.38. The van der Waals surface area contributed by atoms with Crippen LogP contribution >= 0.6 is 0 Å². The van der Waals surface area contributed by atoms with Gasteiger partial charge in [0.15, 0.2) is 9.84 Å². The molecule has 0 aliphatic rings. The van der Waals surface area contributed by atoms with E-state index in [0.717, 1.165) is 6.54 Å². The Balaban J connectivity index is 4.16. The van der Waals surface area contributed by atoms with Crippen LogP contribution in [0.5, 0.6) is 0 Å². The Kier molecular flexibility index (Phi) is 6.44. The zero-order chi connectivity index (χ0) is 12.1. The monoisotopic (exact) mass is 235 g/mol. The van der Waals surface area contributed by atoms with Gasteiger partial charge in [0.05, 0.1) is 11.0 Å². The van der Waals surface area contributed by atoms with Crippen molar-refractivity contribution in [2.75, 3.05) is 12.3 Å². The molecule has 0 aromatic carbocycles. The van der Waals surface area contributed by atoms with E-state index in [-0.39, 0.29) is 17.2 Å². The molecule has 0 aromatic heterocycles. The van der Waals surface area contributed by atoms with Crippen molar-refractivity contribution >= 4 is 9.84 Å². The van der Waals surface area contributed by atoms with Gasteiger partial charge >= 0.3 is 0 Å². The van der Waals surface area contributed by atoms with Crippen molar-refractivity contribution in [1.82, 2.24) is 5.32 Å². The highest BCUT2D eigenvalue weighted by atomic mass is 32.2. The molecule has 0 heterocycles. The van der Waals surface area contributed by atoms with Gasteiger partial charge in [0, 0.05) is 6.04 Å². The molecule has 92 valence electrons. The van der Waals surface area contributed by atoms with E-state index < -0.39 is 9.84 Å². The van der Waals surface area contributed by atoms with Crippen molar-refractivity contribution < 1.29 is 8.42 Å². The van der Waals surface area contributed by atoms with Crippen LogP contribution in [-0.4, -0.2) is 32.0 Å². The number of rotatable bonds is 7. The maximum atomic E-state index is 11.9. The lowest BCUT2D eigenvalue weighted by Crippen LogP contribution is -2.31. The van der Waals surface area contributed by atoms with E-state index in [9.17, 15) is 8.42 Å². The summed E-state index contributed by atoms with van der Waals surface area (Å²) in [5.41, 5.74) is 0. The van der Waals surface area contributed by atoms with Crippen LogP contribution < -0.4 is 5.32 Å². The number of hydrogen-bond donors (Lipinski definition) is 1. The van der Waals surface area contributed by atoms with E-state index >= 15 is 0 Å². The molecule has 15 heavy (non-hydrogen) atoms. The number of sulfone groups is 1. The predicted octanol–water partition coefficient (Wildman–Crippen LogP) is 1.83. The van der Waals surface area contributed by atoms with Gasteiger partial charge in [-0.2, -0.15) is 0 Å². The average Bonchev–Trinajstić information content (AvgIpc) is 2.14. The summed E-state index contributed by atoms with van der Waals surface area (Å²) in [5, 5.41) is 2.99. The molecule has 0 saturated carbocycles. The molecule has 0 saturated heterocycles. The van der Waals surface area contributed by atoms with Crippen molar-refractivity contribution in [2.45, 2.75) is 52.3 Å². The fourth-order valence-corrected chi connectivity index (χ4v) is 3.28. The molecule has 0 aliphatic heterocycles. The first kappa shape index (κ1) is 14.9. The molecule has 4 heteroatoms. The van der Waals surface area contributed by atoms with Crippen LogP contribution in [-0.2, 0) is 9.84 Å². The van der Waals surface area contributed by atoms with E-state index in [1.807, 2.05) is 27.7 Å². The van der Waals surface area contributed by atoms with Gasteiger partial charge in [-0.1, -0.05) is 20.8 Å². The van der Waals surface area contributed by atoms with E-state index in [1.165, 1.54) is 0 Å². The molecule has 2 atom stereocenters. The fourth-order valence-electron chi connectivity index (χ4n) is 1.39. The quantitative estimate of drug-likeness (QED) is 0.732. The Morgan fingerprint density at radius 2 is 1.67 bits per heavy atom. The Morgan fingerprint density at radius 3 is 2.07 bits per heavy atom. The molecule has 0 aliphatic carbocycles. The lowest BCUT2D eigenvalue weighted by atomic mass is 10.2. The highest BCUT2D eigenvalue weighted by Crippen LogP contribution is 2.13. The fraction of sp³-hybridized carbons (Fsp3) is 1.00. The smallest absolute Gasteiger partial charge is 0.153 e. The van der Waals surface area contributed by atoms with Crippen LogP contribution in [0.1, 0.15) is 41.0 Å². The van der Waals surface area contributed by atoms with E-state index in [1.54, 1.807) is 6.92 Å². The Bertz CT molecular complexity index is 260. The first-order valence-electron chi connectivity index (χ1n) is 5.76. The van der Waals surface area contributed by atoms with Gasteiger partial charge in [-0.05, 0) is 32.7 Å². The highest BCUT2D eigenvalue weighted by molar-refractivity contribution is 7.92. The van der Waals surface area contributed by atoms with Gasteiger partial charge in [-0.3, -0.25) is 0 Å². The van der Waals surface area contributed by atoms with Crippen LogP contribution in [0.3, 0.4) is 0 Å². The lowest BCUT2D eigenvalue weighted by molar-refractivity contribution is 0.522. The van der Waals surface area contributed by atoms with Crippen LogP contribution in [0, 0.1) is 5.92 Å². The molecule has 0 fully saturated rings. The Morgan fingerprint density at radius 1 is 1.13 bits per heavy atom. The third kappa shape index (κ3) is 5.52. The third-order valence-electron chi connectivity index (χ3n) is 2.89. The minimum absolute atomic E-state index is 0.199. The molecule has 3 nitrogen and oxygen atoms in total. The van der Waals surface area contributed by atoms with E-state index in [0.29, 0.717) is 12.2 Å². The van der Waals surface area contributed by atoms with Crippen LogP contribution in [0.25, 0.3) is 0 Å². The minimum Gasteiger partial charge on any atom is -0.314 e. The molecule has 0 bridgehead atoms. The van der Waals surface area contributed by atoms with Crippen LogP contribution in [0.2, 0.25) is 0 Å². The minimum atomic E-state index is -2.91. The lowest BCUT2D eigenvalue weighted by Gasteiger charge is -2.18. The van der Waals surface area contributed by atoms with Crippen LogP contribution in [0.15, 0.2) is 0 Å². The van der Waals surface area contributed by atoms with Gasteiger partial charge < -0.3 is 5.32 Å². The molecule has 0 amide bonds. The maximum absolute atomic E-state index is 11.9. The summed E-state index contributed by atoms with van der Waals surface area (Å²) in [7, 11) is -2.91. The SMILES string of the molecule is CCNC(C)CCS(=O)(=O)C(C)C(C)C. The van der Waals surface area contributed by atoms with Gasteiger partial charge in [0.25, 0.3) is 0 Å². The summed E-state index contributed by atoms with van der Waals surface area (Å²) in [6.45, 7) is 10.7. The second-order valence-electron chi connectivity index (χ2n) is 4.56. The highest BCUT2D eigenvalue weighted by Gasteiger charge is 2.23. The first-order valence-corrected chi connectivity index (χ1v) is 7.47. The Hall–Kier alpha value is -0.0900. The molecule has 2 unspecified atom stereocenters. The number of hydrogen-bond acceptors (Lipinski definition) is 3. The average molecular weight is 235 g/mol. The van der Waals surface area contributed by atoms with Crippen molar-refractivity contribution in [3.63, 3.8) is 0 Å². The van der Waals surface area contributed by atoms with E-state index in [2.05, 4.69) is 5.32 Å². The summed E-state index contributed by atoms with van der Waals surface area (Å²) in [6, 6.07) is 0.282. The Labute approximate surface area is 94.6 Å². The second-order valence-corrected chi connectivity index (χ2v) is 7.04. The molecule has 0 spiro atoms. The second kappa shape index (κ2) is 6.48. The maximum Gasteiger partial charge on any atom is 0.153 e. The molecular formula is C11H25NO2S. The molecule has 0 aromatic rings. The van der Waals surface area contributed by atoms with Crippen molar-refractivity contribution in [2.24, 2.45) is 5.92 Å². The normalized spacial score (nSPS) is 16.7. The van der Waals surface area contributed by atoms with Gasteiger partial charge in [-0.15, -0.1) is 0 Å². The van der Waals surface area contributed by atoms with Crippen molar-refractivity contribution in [3.05, 3.63) is 0 Å². The number of nitrogens with one attached hydrogen (secondary N) is 1. The van der Waals surface area contributed by atoms with Gasteiger partial charge in [-0.25, -0.2) is 8.42 Å². The van der Waals surface area contributed by atoms with Crippen molar-refractivity contribution in [3.8, 4) is 0 Å². The zero-order valence-corrected chi connectivity index (χ0v) is 11.4. The standard InChI is InChI=1S/C11H25NO2S/c1-6-12-10(4)7-8-15(13,14)11(5)9(2)3/h9-12H,6-8H2,1-5H3. The van der Waals surface area contributed by atoms with Crippen LogP contribution in [0.4, 0.5) is 0 Å². The zero-order valence-electron chi connectivity index (χ0n) is 10.6. The van der Waals surface area contributed by atoms with Gasteiger partial charge in [0.2, 0.25) is 0 Å². The van der Waals surface area contributed by atoms with E-state index in [4.69, 9.17) is 0 Å². The summed E-state index contributed by atoms with van der Waals surface area (Å²) in [6.07, 6.45) is 0.702. The summed E-state index contributed by atoms with van der Waals surface area (Å²) < 4.78 is 23.7. The van der Waals surface area contributed by atoms with Gasteiger partial charge in [0.1, 0.15) is 0 Å². The predicted molar refractivity (Wildman–Crippen MR) is 65.8 cm³/mol. The summed E-state index contributed by atoms with van der Waals surface area (Å²) >= 11 is 0. The molecule has 1 N–H and O–H groups in total. The topological polar surface area (TPSA) is 46.2 Å². The first-order chi connectivity index (χ1) is 6.81. The molecular weight excluding hydrogens is 210 g/mol. The summed E-state index contributed by atoms with van der Waals surface area (Å²) in [4.78, 5) is 0. The largest absolute Gasteiger partial charge is 0.314 e.